The zero-order valence-corrected chi connectivity index (χ0v) is 5.76. The van der Waals surface area contributed by atoms with Crippen molar-refractivity contribution < 1.29 is 4.74 Å². The van der Waals surface area contributed by atoms with Gasteiger partial charge in [-0.15, -0.1) is 0 Å². The molecule has 54 valence electrons. The lowest BCUT2D eigenvalue weighted by Gasteiger charge is -1.94. The highest BCUT2D eigenvalue weighted by Gasteiger charge is 2.35. The molecule has 1 rings (SSSR count). The Hall–Kier alpha value is -0.120. The lowest BCUT2D eigenvalue weighted by Crippen LogP contribution is -2.26. The van der Waals surface area contributed by atoms with Crippen LogP contribution in [0, 0.1) is 0 Å². The Bertz CT molecular complexity index is 87.1. The summed E-state index contributed by atoms with van der Waals surface area (Å²) in [6.45, 7) is 3.67. The summed E-state index contributed by atoms with van der Waals surface area (Å²) in [5.74, 6) is 0. The average Bonchev–Trinajstić information content (AvgIpc) is 2.62. The van der Waals surface area contributed by atoms with E-state index in [1.54, 1.807) is 0 Å². The Morgan fingerprint density at radius 3 is 2.89 bits per heavy atom. The molecule has 0 bridgehead atoms. The first-order valence-electron chi connectivity index (χ1n) is 3.47. The Morgan fingerprint density at radius 1 is 1.67 bits per heavy atom. The van der Waals surface area contributed by atoms with Crippen LogP contribution in [-0.4, -0.2) is 25.4 Å². The van der Waals surface area contributed by atoms with E-state index in [1.165, 1.54) is 0 Å². The number of nitrogens with two attached hydrogens (primary N) is 1. The van der Waals surface area contributed by atoms with E-state index in [2.05, 4.69) is 12.2 Å². The van der Waals surface area contributed by atoms with Crippen LogP contribution in [0.5, 0.6) is 0 Å². The van der Waals surface area contributed by atoms with E-state index in [9.17, 15) is 0 Å². The van der Waals surface area contributed by atoms with Crippen LogP contribution in [0.1, 0.15) is 13.3 Å². The largest absolute Gasteiger partial charge is 0.353 e. The van der Waals surface area contributed by atoms with Crippen LogP contribution in [0.4, 0.5) is 0 Å². The van der Waals surface area contributed by atoms with Crippen molar-refractivity contribution in [1.82, 2.24) is 5.32 Å². The molecule has 0 aromatic heterocycles. The molecule has 1 heterocycles. The molecule has 0 amide bonds. The maximum Gasteiger partial charge on any atom is 0.135 e. The van der Waals surface area contributed by atoms with Crippen LogP contribution in [0.3, 0.4) is 0 Å². The fourth-order valence-corrected chi connectivity index (χ4v) is 0.858. The molecule has 3 N–H and O–H groups in total. The van der Waals surface area contributed by atoms with E-state index in [-0.39, 0.29) is 0 Å². The van der Waals surface area contributed by atoms with Crippen molar-refractivity contribution in [2.24, 2.45) is 5.73 Å². The second-order valence-electron chi connectivity index (χ2n) is 2.25. The van der Waals surface area contributed by atoms with Gasteiger partial charge in [0.15, 0.2) is 0 Å². The number of hydrogen-bond donors (Lipinski definition) is 2. The van der Waals surface area contributed by atoms with Crippen molar-refractivity contribution in [3.63, 3.8) is 0 Å². The summed E-state index contributed by atoms with van der Waals surface area (Å²) in [4.78, 5) is 0. The fraction of sp³-hybridized carbons (Fsp3) is 1.00. The quantitative estimate of drug-likeness (QED) is 0.512. The molecule has 0 aromatic rings. The molecule has 9 heavy (non-hydrogen) atoms. The van der Waals surface area contributed by atoms with Gasteiger partial charge in [-0.05, 0) is 6.42 Å². The first-order chi connectivity index (χ1) is 4.38. The van der Waals surface area contributed by atoms with Crippen molar-refractivity contribution in [2.75, 3.05) is 13.1 Å². The van der Waals surface area contributed by atoms with Gasteiger partial charge in [0.05, 0.1) is 6.10 Å². The molecule has 0 saturated carbocycles. The summed E-state index contributed by atoms with van der Waals surface area (Å²) in [7, 11) is 0. The molecule has 3 nitrogen and oxygen atoms in total. The smallest absolute Gasteiger partial charge is 0.135 e. The van der Waals surface area contributed by atoms with Gasteiger partial charge >= 0.3 is 0 Å². The topological polar surface area (TPSA) is 50.6 Å². The fourth-order valence-electron chi connectivity index (χ4n) is 0.858. The number of ether oxygens (including phenoxy) is 1. The van der Waals surface area contributed by atoms with Gasteiger partial charge in [0.2, 0.25) is 0 Å². The van der Waals surface area contributed by atoms with E-state index < -0.39 is 0 Å². The van der Waals surface area contributed by atoms with Gasteiger partial charge in [0, 0.05) is 13.1 Å². The third-order valence-electron chi connectivity index (χ3n) is 1.47. The van der Waals surface area contributed by atoms with Crippen LogP contribution in [0.25, 0.3) is 0 Å². The zero-order chi connectivity index (χ0) is 6.69. The lowest BCUT2D eigenvalue weighted by atomic mass is 10.3. The molecule has 2 atom stereocenters. The van der Waals surface area contributed by atoms with Gasteiger partial charge < -0.3 is 10.5 Å². The van der Waals surface area contributed by atoms with Crippen LogP contribution in [-0.2, 0) is 4.74 Å². The Balaban J connectivity index is 1.92. The average molecular weight is 130 g/mol. The Kier molecular flexibility index (Phi) is 2.45. The van der Waals surface area contributed by atoms with Gasteiger partial charge in [-0.25, -0.2) is 0 Å². The number of nitrogens with one attached hydrogen (secondary N) is 1. The highest BCUT2D eigenvalue weighted by Crippen LogP contribution is 2.21. The third-order valence-corrected chi connectivity index (χ3v) is 1.47. The predicted octanol–water partition coefficient (Wildman–Crippen LogP) is -0.330. The van der Waals surface area contributed by atoms with Crippen LogP contribution < -0.4 is 11.1 Å². The van der Waals surface area contributed by atoms with E-state index in [4.69, 9.17) is 10.5 Å². The molecule has 0 spiro atoms. The van der Waals surface area contributed by atoms with Crippen LogP contribution in [0.2, 0.25) is 0 Å². The third kappa shape index (κ3) is 1.93. The maximum atomic E-state index is 5.27. The zero-order valence-electron chi connectivity index (χ0n) is 5.76. The number of rotatable bonds is 4. The normalized spacial score (nSPS) is 32.7. The number of hydrogen-bond acceptors (Lipinski definition) is 3. The first-order valence-corrected chi connectivity index (χ1v) is 3.47. The summed E-state index contributed by atoms with van der Waals surface area (Å²) in [5.41, 5.74) is 5.27. The highest BCUT2D eigenvalue weighted by molar-refractivity contribution is 4.80. The van der Waals surface area contributed by atoms with Crippen molar-refractivity contribution >= 4 is 0 Å². The SMILES string of the molecule is CCC1OC1NCCN. The molecule has 1 fully saturated rings. The summed E-state index contributed by atoms with van der Waals surface area (Å²) >= 11 is 0. The minimum atomic E-state index is 0.304. The summed E-state index contributed by atoms with van der Waals surface area (Å²) in [6, 6.07) is 0. The summed E-state index contributed by atoms with van der Waals surface area (Å²) in [5, 5.41) is 3.16. The van der Waals surface area contributed by atoms with E-state index in [0.717, 1.165) is 13.0 Å². The molecule has 1 aliphatic rings. The summed E-state index contributed by atoms with van der Waals surface area (Å²) in [6.07, 6.45) is 1.86. The van der Waals surface area contributed by atoms with Crippen molar-refractivity contribution in [3.05, 3.63) is 0 Å². The van der Waals surface area contributed by atoms with Gasteiger partial charge in [0.25, 0.3) is 0 Å². The Labute approximate surface area is 55.6 Å². The summed E-state index contributed by atoms with van der Waals surface area (Å²) < 4.78 is 5.20. The first kappa shape index (κ1) is 6.99. The van der Waals surface area contributed by atoms with Gasteiger partial charge in [-0.1, -0.05) is 6.92 Å². The molecular formula is C6H14N2O. The molecule has 1 aliphatic heterocycles. The molecule has 2 unspecified atom stereocenters. The maximum absolute atomic E-state index is 5.27. The minimum Gasteiger partial charge on any atom is -0.353 e. The minimum absolute atomic E-state index is 0.304. The molecule has 0 radical (unpaired) electrons. The Morgan fingerprint density at radius 2 is 2.44 bits per heavy atom. The predicted molar refractivity (Wildman–Crippen MR) is 36.0 cm³/mol. The monoisotopic (exact) mass is 130 g/mol. The van der Waals surface area contributed by atoms with Gasteiger partial charge in [-0.2, -0.15) is 0 Å². The van der Waals surface area contributed by atoms with Crippen molar-refractivity contribution in [1.29, 1.82) is 0 Å². The van der Waals surface area contributed by atoms with Crippen LogP contribution in [0.15, 0.2) is 0 Å². The van der Waals surface area contributed by atoms with Crippen molar-refractivity contribution in [3.8, 4) is 0 Å². The van der Waals surface area contributed by atoms with E-state index in [1.807, 2.05) is 0 Å². The molecular weight excluding hydrogens is 116 g/mol. The molecule has 3 heteroatoms. The second kappa shape index (κ2) is 3.15. The molecule has 0 aliphatic carbocycles. The second-order valence-corrected chi connectivity index (χ2v) is 2.25. The van der Waals surface area contributed by atoms with E-state index in [0.29, 0.717) is 18.9 Å². The van der Waals surface area contributed by atoms with E-state index >= 15 is 0 Å². The van der Waals surface area contributed by atoms with Crippen LogP contribution >= 0.6 is 0 Å². The molecule has 1 saturated heterocycles. The lowest BCUT2D eigenvalue weighted by molar-refractivity contribution is 0.344. The molecule has 0 aromatic carbocycles. The highest BCUT2D eigenvalue weighted by atomic mass is 16.6. The standard InChI is InChI=1S/C6H14N2O/c1-2-5-6(9-5)8-4-3-7/h5-6,8H,2-4,7H2,1H3. The van der Waals surface area contributed by atoms with Gasteiger partial charge in [0.1, 0.15) is 6.23 Å². The van der Waals surface area contributed by atoms with Gasteiger partial charge in [-0.3, -0.25) is 5.32 Å². The van der Waals surface area contributed by atoms with Crippen molar-refractivity contribution in [2.45, 2.75) is 25.7 Å². The number of epoxide rings is 1.